The van der Waals surface area contributed by atoms with Gasteiger partial charge in [0.05, 0.1) is 0 Å². The maximum absolute atomic E-state index is 6.48. The Kier molecular flexibility index (Phi) is 6.25. The highest BCUT2D eigenvalue weighted by molar-refractivity contribution is 6.22. The van der Waals surface area contributed by atoms with E-state index >= 15 is 0 Å². The van der Waals surface area contributed by atoms with Crippen LogP contribution < -0.4 is 5.32 Å². The Bertz CT molecular complexity index is 3110. The van der Waals surface area contributed by atoms with Crippen LogP contribution in [0.5, 0.6) is 0 Å². The number of rotatable bonds is 4. The summed E-state index contributed by atoms with van der Waals surface area (Å²) in [5.41, 5.74) is 8.57. The van der Waals surface area contributed by atoms with E-state index in [1.54, 1.807) is 0 Å². The zero-order valence-corrected chi connectivity index (χ0v) is 27.9. The monoisotopic (exact) mass is 667 g/mol. The lowest BCUT2D eigenvalue weighted by Crippen LogP contribution is -2.33. The average Bonchev–Trinajstić information content (AvgIpc) is 3.78. The molecule has 10 aromatic rings. The van der Waals surface area contributed by atoms with Gasteiger partial charge in [-0.25, -0.2) is 9.98 Å². The maximum atomic E-state index is 6.48. The lowest BCUT2D eigenvalue weighted by molar-refractivity contribution is 0.663. The number of fused-ring (bicyclic) bond motifs is 9. The van der Waals surface area contributed by atoms with E-state index in [0.717, 1.165) is 77.5 Å². The fourth-order valence-electron chi connectivity index (χ4n) is 7.77. The summed E-state index contributed by atoms with van der Waals surface area (Å²) >= 11 is 0. The summed E-state index contributed by atoms with van der Waals surface area (Å²) in [5.74, 6) is 1.41. The van der Waals surface area contributed by atoms with E-state index in [1.165, 1.54) is 21.5 Å². The van der Waals surface area contributed by atoms with Gasteiger partial charge in [-0.1, -0.05) is 121 Å². The predicted molar refractivity (Wildman–Crippen MR) is 213 cm³/mol. The van der Waals surface area contributed by atoms with E-state index in [0.29, 0.717) is 5.84 Å². The van der Waals surface area contributed by atoms with E-state index in [1.807, 2.05) is 54.6 Å². The van der Waals surface area contributed by atoms with Crippen molar-refractivity contribution in [2.24, 2.45) is 9.98 Å². The molecule has 0 spiro atoms. The number of para-hydroxylation sites is 1. The largest absolute Gasteiger partial charge is 0.456 e. The smallest absolute Gasteiger partial charge is 0.160 e. The summed E-state index contributed by atoms with van der Waals surface area (Å²) in [6.07, 6.45) is -0.378. The fraction of sp³-hybridized carbons (Fsp3) is 0.0213. The van der Waals surface area contributed by atoms with Crippen LogP contribution in [-0.2, 0) is 0 Å². The molecule has 0 fully saturated rings. The molecule has 0 radical (unpaired) electrons. The third-order valence-electron chi connectivity index (χ3n) is 10.3. The molecule has 11 rings (SSSR count). The number of furan rings is 2. The Labute approximate surface area is 298 Å². The molecule has 0 amide bonds. The Morgan fingerprint density at radius 2 is 1.10 bits per heavy atom. The standard InChI is InChI=1S/C47H29N3O2/c1-2-10-30(11-3-1)45-48-46(33-22-24-41-38(27-33)35-13-6-7-15-40(35)51-41)50-47(49-45)36-14-8-16-43-44(36)39-26-32(21-23-42(39)52-43)31-20-19-29-18-17-28-9-4-5-12-34(28)37(29)25-31/h1-27,46H,(H,48,49,50). The van der Waals surface area contributed by atoms with Gasteiger partial charge in [0.15, 0.2) is 5.84 Å². The molecule has 2 aromatic heterocycles. The molecule has 0 bridgehead atoms. The second-order valence-corrected chi connectivity index (χ2v) is 13.4. The van der Waals surface area contributed by atoms with E-state index in [4.69, 9.17) is 18.8 Å². The van der Waals surface area contributed by atoms with Crippen molar-refractivity contribution >= 4 is 77.1 Å². The normalized spacial score (nSPS) is 14.7. The van der Waals surface area contributed by atoms with Gasteiger partial charge >= 0.3 is 0 Å². The zero-order valence-electron chi connectivity index (χ0n) is 27.9. The van der Waals surface area contributed by atoms with Crippen molar-refractivity contribution in [2.45, 2.75) is 6.17 Å². The molecule has 52 heavy (non-hydrogen) atoms. The minimum atomic E-state index is -0.378. The highest BCUT2D eigenvalue weighted by Crippen LogP contribution is 2.38. The highest BCUT2D eigenvalue weighted by Gasteiger charge is 2.24. The number of hydrogen-bond acceptors (Lipinski definition) is 5. The molecule has 5 nitrogen and oxygen atoms in total. The van der Waals surface area contributed by atoms with Gasteiger partial charge in [0.2, 0.25) is 0 Å². The molecule has 0 saturated heterocycles. The Hall–Kier alpha value is -6.98. The number of benzene rings is 8. The lowest BCUT2D eigenvalue weighted by Gasteiger charge is -2.24. The second kappa shape index (κ2) is 11.3. The third kappa shape index (κ3) is 4.56. The molecule has 1 aliphatic rings. The van der Waals surface area contributed by atoms with Gasteiger partial charge < -0.3 is 14.2 Å². The molecule has 1 unspecified atom stereocenters. The van der Waals surface area contributed by atoms with Crippen molar-refractivity contribution < 1.29 is 8.83 Å². The minimum absolute atomic E-state index is 0.378. The van der Waals surface area contributed by atoms with Crippen molar-refractivity contribution in [3.63, 3.8) is 0 Å². The molecule has 8 aromatic carbocycles. The molecular formula is C47H29N3O2. The SMILES string of the molecule is c1ccc(C2=NC(c3cccc4oc5ccc(-c6ccc7ccc8ccccc8c7c6)cc5c34)=NC(c3ccc4oc5ccccc5c4c3)N2)cc1. The quantitative estimate of drug-likeness (QED) is 0.190. The van der Waals surface area contributed by atoms with Crippen LogP contribution in [0.25, 0.3) is 76.5 Å². The van der Waals surface area contributed by atoms with E-state index in [-0.39, 0.29) is 6.17 Å². The fourth-order valence-corrected chi connectivity index (χ4v) is 7.77. The first-order chi connectivity index (χ1) is 25.7. The summed E-state index contributed by atoms with van der Waals surface area (Å²) in [6.45, 7) is 0. The van der Waals surface area contributed by atoms with Crippen LogP contribution in [0.3, 0.4) is 0 Å². The number of hydrogen-bond donors (Lipinski definition) is 1. The van der Waals surface area contributed by atoms with Crippen LogP contribution in [0.1, 0.15) is 22.9 Å². The van der Waals surface area contributed by atoms with Gasteiger partial charge in [0, 0.05) is 32.7 Å². The summed E-state index contributed by atoms with van der Waals surface area (Å²) in [5, 5.41) is 12.8. The van der Waals surface area contributed by atoms with Crippen molar-refractivity contribution in [1.29, 1.82) is 0 Å². The van der Waals surface area contributed by atoms with Crippen LogP contribution in [0.4, 0.5) is 0 Å². The van der Waals surface area contributed by atoms with E-state index < -0.39 is 0 Å². The van der Waals surface area contributed by atoms with Crippen molar-refractivity contribution in [1.82, 2.24) is 5.32 Å². The van der Waals surface area contributed by atoms with Gasteiger partial charge in [-0.3, -0.25) is 0 Å². The summed E-state index contributed by atoms with van der Waals surface area (Å²) in [6, 6.07) is 57.0. The highest BCUT2D eigenvalue weighted by atomic mass is 16.3. The summed E-state index contributed by atoms with van der Waals surface area (Å²) in [7, 11) is 0. The summed E-state index contributed by atoms with van der Waals surface area (Å²) in [4.78, 5) is 10.5. The molecule has 5 heteroatoms. The minimum Gasteiger partial charge on any atom is -0.456 e. The molecule has 1 atom stereocenters. The van der Waals surface area contributed by atoms with E-state index in [9.17, 15) is 0 Å². The van der Waals surface area contributed by atoms with Crippen molar-refractivity contribution in [3.8, 4) is 11.1 Å². The average molecular weight is 668 g/mol. The van der Waals surface area contributed by atoms with Crippen LogP contribution >= 0.6 is 0 Å². The van der Waals surface area contributed by atoms with Gasteiger partial charge in [0.1, 0.15) is 34.3 Å². The van der Waals surface area contributed by atoms with Gasteiger partial charge in [-0.2, -0.15) is 0 Å². The number of amidine groups is 2. The molecule has 0 aliphatic carbocycles. The van der Waals surface area contributed by atoms with E-state index in [2.05, 4.69) is 115 Å². The summed E-state index contributed by atoms with van der Waals surface area (Å²) < 4.78 is 12.6. The van der Waals surface area contributed by atoms with Gasteiger partial charge in [-0.05, 0) is 80.7 Å². The van der Waals surface area contributed by atoms with Gasteiger partial charge in [0.25, 0.3) is 0 Å². The van der Waals surface area contributed by atoms with Crippen LogP contribution in [0, 0.1) is 0 Å². The molecule has 1 N–H and O–H groups in total. The number of aliphatic imine (C=N–C) groups is 2. The Morgan fingerprint density at radius 1 is 0.442 bits per heavy atom. The predicted octanol–water partition coefficient (Wildman–Crippen LogP) is 12.0. The number of nitrogens with one attached hydrogen (secondary N) is 1. The Morgan fingerprint density at radius 3 is 2.00 bits per heavy atom. The molecule has 244 valence electrons. The zero-order chi connectivity index (χ0) is 34.2. The number of nitrogens with zero attached hydrogens (tertiary/aromatic N) is 2. The van der Waals surface area contributed by atoms with Gasteiger partial charge in [-0.15, -0.1) is 0 Å². The van der Waals surface area contributed by atoms with Crippen LogP contribution in [-0.4, -0.2) is 11.7 Å². The van der Waals surface area contributed by atoms with Crippen LogP contribution in [0.15, 0.2) is 183 Å². The van der Waals surface area contributed by atoms with Crippen molar-refractivity contribution in [3.05, 3.63) is 180 Å². The second-order valence-electron chi connectivity index (χ2n) is 13.4. The molecular weight excluding hydrogens is 639 g/mol. The topological polar surface area (TPSA) is 63.0 Å². The first kappa shape index (κ1) is 28.8. The van der Waals surface area contributed by atoms with Crippen molar-refractivity contribution in [2.75, 3.05) is 0 Å². The maximum Gasteiger partial charge on any atom is 0.160 e. The van der Waals surface area contributed by atoms with Crippen LogP contribution in [0.2, 0.25) is 0 Å². The Balaban J connectivity index is 1.08. The third-order valence-corrected chi connectivity index (χ3v) is 10.3. The molecule has 0 saturated carbocycles. The lowest BCUT2D eigenvalue weighted by atomic mass is 9.96. The molecule has 1 aliphatic heterocycles. The first-order valence-corrected chi connectivity index (χ1v) is 17.5. The first-order valence-electron chi connectivity index (χ1n) is 17.5. The molecule has 3 heterocycles.